The van der Waals surface area contributed by atoms with E-state index in [1.165, 1.54) is 33.6 Å². The third-order valence-corrected chi connectivity index (χ3v) is 3.91. The summed E-state index contributed by atoms with van der Waals surface area (Å²) in [5.74, 6) is -2.50. The fourth-order valence-corrected chi connectivity index (χ4v) is 2.73. The Morgan fingerprint density at radius 1 is 0.923 bits per heavy atom. The molecule has 0 bridgehead atoms. The van der Waals surface area contributed by atoms with Crippen molar-refractivity contribution >= 4 is 22.7 Å². The number of esters is 2. The molecule has 0 spiro atoms. The summed E-state index contributed by atoms with van der Waals surface area (Å²) in [6, 6.07) is 1.44. The van der Waals surface area contributed by atoms with Crippen molar-refractivity contribution in [3.63, 3.8) is 0 Å². The topological polar surface area (TPSA) is 113 Å². The first-order valence-corrected chi connectivity index (χ1v) is 7.44. The highest BCUT2D eigenvalue weighted by Crippen LogP contribution is 2.45. The molecule has 0 aliphatic rings. The van der Waals surface area contributed by atoms with Gasteiger partial charge in [0.2, 0.25) is 5.75 Å². The highest BCUT2D eigenvalue weighted by atomic mass is 16.5. The number of pyridine rings is 1. The van der Waals surface area contributed by atoms with E-state index in [0.717, 1.165) is 14.2 Å². The lowest BCUT2D eigenvalue weighted by molar-refractivity contribution is -0.154. The monoisotopic (exact) mass is 365 g/mol. The quantitative estimate of drug-likeness (QED) is 0.595. The minimum absolute atomic E-state index is 0.140. The van der Waals surface area contributed by atoms with E-state index < -0.39 is 23.4 Å². The van der Waals surface area contributed by atoms with Crippen molar-refractivity contribution in [3.8, 4) is 17.2 Å². The van der Waals surface area contributed by atoms with Crippen molar-refractivity contribution in [3.05, 3.63) is 28.2 Å². The van der Waals surface area contributed by atoms with Gasteiger partial charge in [-0.25, -0.2) is 0 Å². The number of fused-ring (bicyclic) bond motifs is 1. The number of ether oxygens (including phenoxy) is 5. The number of H-pyrrole nitrogens is 1. The first-order valence-electron chi connectivity index (χ1n) is 7.44. The first kappa shape index (κ1) is 19.1. The molecule has 9 heteroatoms. The number of carbonyl (C=O) groups is 2. The summed E-state index contributed by atoms with van der Waals surface area (Å²) in [6.45, 7) is 0. The van der Waals surface area contributed by atoms with Gasteiger partial charge in [0.05, 0.1) is 40.9 Å². The molecule has 26 heavy (non-hydrogen) atoms. The predicted molar refractivity (Wildman–Crippen MR) is 91.0 cm³/mol. The van der Waals surface area contributed by atoms with Gasteiger partial charge in [-0.1, -0.05) is 0 Å². The largest absolute Gasteiger partial charge is 0.493 e. The SMILES string of the molecule is COC(=O)C(C(=O)OC)c1c[nH]c(=O)c2cc(OC)c(OC)c(OC)c12. The molecule has 0 fully saturated rings. The second-order valence-electron chi connectivity index (χ2n) is 5.12. The van der Waals surface area contributed by atoms with Crippen LogP contribution in [0.4, 0.5) is 0 Å². The summed E-state index contributed by atoms with van der Waals surface area (Å²) >= 11 is 0. The van der Waals surface area contributed by atoms with Gasteiger partial charge in [0.25, 0.3) is 5.56 Å². The molecular weight excluding hydrogens is 346 g/mol. The summed E-state index contributed by atoms with van der Waals surface area (Å²) in [7, 11) is 6.47. The standard InChI is InChI=1S/C17H19NO8/c1-22-10-6-8-11(14(24-3)13(10)23-2)9(7-18-15(8)19)12(16(20)25-4)17(21)26-5/h6-7,12H,1-5H3,(H,18,19). The maximum Gasteiger partial charge on any atom is 0.324 e. The minimum Gasteiger partial charge on any atom is -0.493 e. The Morgan fingerprint density at radius 2 is 1.50 bits per heavy atom. The number of aromatic nitrogens is 1. The average Bonchev–Trinajstić information content (AvgIpc) is 2.67. The second kappa shape index (κ2) is 7.77. The Labute approximate surface area is 148 Å². The first-order chi connectivity index (χ1) is 12.4. The zero-order chi connectivity index (χ0) is 19.4. The van der Waals surface area contributed by atoms with Gasteiger partial charge in [0, 0.05) is 17.1 Å². The number of aromatic amines is 1. The van der Waals surface area contributed by atoms with E-state index in [4.69, 9.17) is 23.7 Å². The van der Waals surface area contributed by atoms with Crippen LogP contribution in [0.15, 0.2) is 17.1 Å². The van der Waals surface area contributed by atoms with Gasteiger partial charge in [-0.05, 0) is 6.07 Å². The molecule has 1 aromatic carbocycles. The van der Waals surface area contributed by atoms with Crippen molar-refractivity contribution in [1.29, 1.82) is 0 Å². The molecule has 1 heterocycles. The number of hydrogen-bond acceptors (Lipinski definition) is 8. The van der Waals surface area contributed by atoms with E-state index in [2.05, 4.69) is 4.98 Å². The van der Waals surface area contributed by atoms with Crippen molar-refractivity contribution in [2.45, 2.75) is 5.92 Å². The summed E-state index contributed by atoms with van der Waals surface area (Å²) < 4.78 is 25.4. The number of hydrogen-bond donors (Lipinski definition) is 1. The highest BCUT2D eigenvalue weighted by Gasteiger charge is 2.34. The van der Waals surface area contributed by atoms with Crippen LogP contribution in [-0.2, 0) is 19.1 Å². The van der Waals surface area contributed by atoms with Gasteiger partial charge in [-0.2, -0.15) is 0 Å². The number of methoxy groups -OCH3 is 5. The number of rotatable bonds is 6. The molecule has 0 aliphatic carbocycles. The van der Waals surface area contributed by atoms with Crippen LogP contribution in [0.3, 0.4) is 0 Å². The average molecular weight is 365 g/mol. The molecule has 140 valence electrons. The summed E-state index contributed by atoms with van der Waals surface area (Å²) in [5.41, 5.74) is -0.312. The number of benzene rings is 1. The van der Waals surface area contributed by atoms with Crippen molar-refractivity contribution in [2.24, 2.45) is 0 Å². The molecule has 2 aromatic rings. The summed E-state index contributed by atoms with van der Waals surface area (Å²) in [5, 5.41) is 0.365. The Morgan fingerprint density at radius 3 is 1.96 bits per heavy atom. The smallest absolute Gasteiger partial charge is 0.324 e. The maximum atomic E-state index is 12.3. The second-order valence-corrected chi connectivity index (χ2v) is 5.12. The van der Waals surface area contributed by atoms with E-state index >= 15 is 0 Å². The Bertz CT molecular complexity index is 886. The Hall–Kier alpha value is -3.23. The van der Waals surface area contributed by atoms with Crippen molar-refractivity contribution in [1.82, 2.24) is 4.98 Å². The van der Waals surface area contributed by atoms with Gasteiger partial charge in [-0.3, -0.25) is 14.4 Å². The number of carbonyl (C=O) groups excluding carboxylic acids is 2. The van der Waals surface area contributed by atoms with Crippen LogP contribution < -0.4 is 19.8 Å². The zero-order valence-corrected chi connectivity index (χ0v) is 15.0. The van der Waals surface area contributed by atoms with Crippen LogP contribution >= 0.6 is 0 Å². The molecule has 0 amide bonds. The van der Waals surface area contributed by atoms with Crippen LogP contribution in [0.25, 0.3) is 10.8 Å². The molecule has 2 rings (SSSR count). The maximum absolute atomic E-state index is 12.3. The van der Waals surface area contributed by atoms with E-state index in [0.29, 0.717) is 0 Å². The molecular formula is C17H19NO8. The lowest BCUT2D eigenvalue weighted by Gasteiger charge is -2.19. The molecule has 0 radical (unpaired) electrons. The molecule has 0 saturated heterocycles. The predicted octanol–water partition coefficient (Wildman–Crippen LogP) is 0.983. The molecule has 0 atom stereocenters. The number of nitrogens with one attached hydrogen (secondary N) is 1. The van der Waals surface area contributed by atoms with E-state index in [9.17, 15) is 14.4 Å². The molecule has 1 aromatic heterocycles. The molecule has 0 aliphatic heterocycles. The zero-order valence-electron chi connectivity index (χ0n) is 15.0. The van der Waals surface area contributed by atoms with Gasteiger partial charge >= 0.3 is 11.9 Å². The highest BCUT2D eigenvalue weighted by molar-refractivity contribution is 6.06. The van der Waals surface area contributed by atoms with E-state index in [-0.39, 0.29) is 33.6 Å². The normalized spacial score (nSPS) is 10.5. The molecule has 1 N–H and O–H groups in total. The van der Waals surface area contributed by atoms with E-state index in [1.807, 2.05) is 0 Å². The van der Waals surface area contributed by atoms with Gasteiger partial charge in [0.1, 0.15) is 0 Å². The van der Waals surface area contributed by atoms with E-state index in [1.54, 1.807) is 0 Å². The third kappa shape index (κ3) is 3.03. The van der Waals surface area contributed by atoms with Crippen molar-refractivity contribution < 1.29 is 33.3 Å². The molecule has 9 nitrogen and oxygen atoms in total. The van der Waals surface area contributed by atoms with Crippen LogP contribution in [-0.4, -0.2) is 52.5 Å². The van der Waals surface area contributed by atoms with Gasteiger partial charge in [0.15, 0.2) is 17.4 Å². The summed E-state index contributed by atoms with van der Waals surface area (Å²) in [4.78, 5) is 39.2. The van der Waals surface area contributed by atoms with Gasteiger partial charge in [-0.15, -0.1) is 0 Å². The summed E-state index contributed by atoms with van der Waals surface area (Å²) in [6.07, 6.45) is 1.25. The van der Waals surface area contributed by atoms with Crippen LogP contribution in [0.1, 0.15) is 11.5 Å². The lowest BCUT2D eigenvalue weighted by atomic mass is 9.94. The fourth-order valence-electron chi connectivity index (χ4n) is 2.73. The fraction of sp³-hybridized carbons (Fsp3) is 0.353. The third-order valence-electron chi connectivity index (χ3n) is 3.91. The van der Waals surface area contributed by atoms with Gasteiger partial charge < -0.3 is 28.7 Å². The van der Waals surface area contributed by atoms with Crippen LogP contribution in [0.5, 0.6) is 17.2 Å². The molecule has 0 saturated carbocycles. The van der Waals surface area contributed by atoms with Crippen LogP contribution in [0, 0.1) is 0 Å². The Balaban J connectivity index is 2.99. The lowest BCUT2D eigenvalue weighted by Crippen LogP contribution is -2.26. The molecule has 0 unspecified atom stereocenters. The minimum atomic E-state index is -1.42. The van der Waals surface area contributed by atoms with Crippen molar-refractivity contribution in [2.75, 3.05) is 35.5 Å². The van der Waals surface area contributed by atoms with Crippen LogP contribution in [0.2, 0.25) is 0 Å². The Kier molecular flexibility index (Phi) is 5.71.